The molecule has 30 heavy (non-hydrogen) atoms. The predicted octanol–water partition coefficient (Wildman–Crippen LogP) is 4.93. The number of carbonyl (C=O) groups excluding carboxylic acids is 1. The van der Waals surface area contributed by atoms with Gasteiger partial charge in [0.05, 0.1) is 40.8 Å². The van der Waals surface area contributed by atoms with Crippen LogP contribution in [0.2, 0.25) is 0 Å². The maximum Gasteiger partial charge on any atom is 0.416 e. The minimum atomic E-state index is -4.44. The lowest BCUT2D eigenvalue weighted by molar-refractivity contribution is -0.137. The molecule has 1 N–H and O–H groups in total. The summed E-state index contributed by atoms with van der Waals surface area (Å²) in [5.41, 5.74) is 2.00. The van der Waals surface area contributed by atoms with Crippen molar-refractivity contribution in [3.63, 3.8) is 0 Å². The van der Waals surface area contributed by atoms with Gasteiger partial charge in [0.2, 0.25) is 5.91 Å². The fourth-order valence-corrected chi connectivity index (χ4v) is 3.21. The van der Waals surface area contributed by atoms with E-state index in [-0.39, 0.29) is 18.0 Å². The van der Waals surface area contributed by atoms with E-state index in [4.69, 9.17) is 0 Å². The minimum absolute atomic E-state index is 0.0143. The fourth-order valence-electron chi connectivity index (χ4n) is 3.21. The number of hydrogen-bond donors (Lipinski definition) is 1. The summed E-state index contributed by atoms with van der Waals surface area (Å²) in [5.74, 6) is -0.291. The summed E-state index contributed by atoms with van der Waals surface area (Å²) >= 11 is 0. The molecular formula is C22H17F3N4O. The molecule has 2 heterocycles. The summed E-state index contributed by atoms with van der Waals surface area (Å²) in [7, 11) is 0. The largest absolute Gasteiger partial charge is 0.416 e. The van der Waals surface area contributed by atoms with Gasteiger partial charge in [-0.15, -0.1) is 0 Å². The van der Waals surface area contributed by atoms with Crippen molar-refractivity contribution in [2.75, 3.05) is 5.32 Å². The van der Waals surface area contributed by atoms with Crippen molar-refractivity contribution < 1.29 is 18.0 Å². The van der Waals surface area contributed by atoms with Gasteiger partial charge < -0.3 is 5.32 Å². The normalized spacial score (nSPS) is 11.6. The molecule has 4 aromatic rings. The maximum absolute atomic E-state index is 13.0. The van der Waals surface area contributed by atoms with Gasteiger partial charge in [-0.25, -0.2) is 4.68 Å². The highest BCUT2D eigenvalue weighted by molar-refractivity contribution is 5.94. The number of nitrogens with zero attached hydrogens (tertiary/aromatic N) is 3. The molecule has 2 aromatic carbocycles. The summed E-state index contributed by atoms with van der Waals surface area (Å²) in [4.78, 5) is 16.7. The molecule has 0 bridgehead atoms. The first-order valence-corrected chi connectivity index (χ1v) is 9.17. The number of alkyl halides is 3. The molecule has 0 aliphatic rings. The lowest BCUT2D eigenvalue weighted by Crippen LogP contribution is -2.15. The Labute approximate surface area is 170 Å². The summed E-state index contributed by atoms with van der Waals surface area (Å²) in [6.45, 7) is 1.72. The second kappa shape index (κ2) is 7.62. The number of benzene rings is 2. The molecule has 4 rings (SSSR count). The van der Waals surface area contributed by atoms with Crippen molar-refractivity contribution in [1.82, 2.24) is 14.8 Å². The number of aryl methyl sites for hydroxylation is 1. The molecule has 0 aliphatic heterocycles. The van der Waals surface area contributed by atoms with E-state index in [0.717, 1.165) is 23.0 Å². The third-order valence-corrected chi connectivity index (χ3v) is 4.57. The first kappa shape index (κ1) is 19.6. The molecule has 0 fully saturated rings. The summed E-state index contributed by atoms with van der Waals surface area (Å²) in [5, 5.41) is 7.99. The third-order valence-electron chi connectivity index (χ3n) is 4.57. The first-order valence-electron chi connectivity index (χ1n) is 9.17. The highest BCUT2D eigenvalue weighted by Crippen LogP contribution is 2.30. The van der Waals surface area contributed by atoms with Gasteiger partial charge in [0, 0.05) is 11.1 Å². The lowest BCUT2D eigenvalue weighted by atomic mass is 10.2. The van der Waals surface area contributed by atoms with E-state index in [0.29, 0.717) is 17.1 Å². The average Bonchev–Trinajstić information content (AvgIpc) is 3.07. The summed E-state index contributed by atoms with van der Waals surface area (Å²) < 4.78 is 40.3. The molecule has 5 nitrogen and oxygen atoms in total. The van der Waals surface area contributed by atoms with Crippen LogP contribution in [-0.4, -0.2) is 20.7 Å². The van der Waals surface area contributed by atoms with Gasteiger partial charge in [-0.05, 0) is 43.3 Å². The summed E-state index contributed by atoms with van der Waals surface area (Å²) in [6.07, 6.45) is -2.87. The molecule has 152 valence electrons. The van der Waals surface area contributed by atoms with Gasteiger partial charge in [0.15, 0.2) is 0 Å². The molecule has 0 atom stereocenters. The number of halogens is 3. The zero-order chi connectivity index (χ0) is 21.3. The average molecular weight is 410 g/mol. The highest BCUT2D eigenvalue weighted by atomic mass is 19.4. The first-order chi connectivity index (χ1) is 14.3. The number of amides is 1. The number of aromatic nitrogens is 3. The van der Waals surface area contributed by atoms with Crippen molar-refractivity contribution in [3.8, 4) is 5.69 Å². The lowest BCUT2D eigenvalue weighted by Gasteiger charge is -2.09. The molecular weight excluding hydrogens is 393 g/mol. The van der Waals surface area contributed by atoms with Crippen molar-refractivity contribution in [3.05, 3.63) is 83.8 Å². The number of hydrogen-bond acceptors (Lipinski definition) is 3. The zero-order valence-electron chi connectivity index (χ0n) is 15.9. The Balaban J connectivity index is 1.51. The van der Waals surface area contributed by atoms with Gasteiger partial charge >= 0.3 is 6.18 Å². The zero-order valence-corrected chi connectivity index (χ0v) is 15.9. The second-order valence-electron chi connectivity index (χ2n) is 6.88. The number of nitrogens with one attached hydrogen (secondary N) is 1. The van der Waals surface area contributed by atoms with Gasteiger partial charge in [0.1, 0.15) is 0 Å². The van der Waals surface area contributed by atoms with E-state index >= 15 is 0 Å². The van der Waals surface area contributed by atoms with Gasteiger partial charge in [-0.2, -0.15) is 18.3 Å². The van der Waals surface area contributed by atoms with E-state index in [1.54, 1.807) is 25.3 Å². The molecule has 0 radical (unpaired) electrons. The van der Waals surface area contributed by atoms with Crippen LogP contribution < -0.4 is 5.32 Å². The molecule has 0 saturated heterocycles. The Hall–Kier alpha value is -3.68. The molecule has 0 spiro atoms. The maximum atomic E-state index is 13.0. The van der Waals surface area contributed by atoms with Crippen LogP contribution in [0.4, 0.5) is 18.9 Å². The molecule has 0 unspecified atom stereocenters. The van der Waals surface area contributed by atoms with Crippen LogP contribution in [0.3, 0.4) is 0 Å². The van der Waals surface area contributed by atoms with E-state index in [2.05, 4.69) is 15.4 Å². The number of fused-ring (bicyclic) bond motifs is 1. The van der Waals surface area contributed by atoms with Crippen LogP contribution >= 0.6 is 0 Å². The number of anilines is 1. The van der Waals surface area contributed by atoms with Gasteiger partial charge in [0.25, 0.3) is 0 Å². The fraction of sp³-hybridized carbons (Fsp3) is 0.136. The minimum Gasteiger partial charge on any atom is -0.324 e. The highest BCUT2D eigenvalue weighted by Gasteiger charge is 2.30. The predicted molar refractivity (Wildman–Crippen MR) is 107 cm³/mol. The van der Waals surface area contributed by atoms with Crippen LogP contribution in [0.25, 0.3) is 16.6 Å². The number of carbonyl (C=O) groups is 1. The van der Waals surface area contributed by atoms with Crippen LogP contribution in [0.5, 0.6) is 0 Å². The van der Waals surface area contributed by atoms with E-state index in [9.17, 15) is 18.0 Å². The summed E-state index contributed by atoms with van der Waals surface area (Å²) in [6, 6.07) is 16.0. The van der Waals surface area contributed by atoms with E-state index < -0.39 is 11.7 Å². The molecule has 8 heteroatoms. The Kier molecular flexibility index (Phi) is 4.99. The SMILES string of the molecule is Cc1cc(CC(=O)Nc2cnc3ccccc3c2)nn1-c1cccc(C(F)(F)F)c1. The second-order valence-corrected chi connectivity index (χ2v) is 6.88. The van der Waals surface area contributed by atoms with Crippen molar-refractivity contribution in [1.29, 1.82) is 0 Å². The third kappa shape index (κ3) is 4.17. The van der Waals surface area contributed by atoms with E-state index in [1.807, 2.05) is 30.3 Å². The number of pyridine rings is 1. The molecule has 0 saturated carbocycles. The van der Waals surface area contributed by atoms with E-state index in [1.165, 1.54) is 10.7 Å². The monoisotopic (exact) mass is 410 g/mol. The Morgan fingerprint density at radius 2 is 1.87 bits per heavy atom. The Morgan fingerprint density at radius 1 is 1.07 bits per heavy atom. The Morgan fingerprint density at radius 3 is 2.67 bits per heavy atom. The molecule has 1 amide bonds. The van der Waals surface area contributed by atoms with Crippen molar-refractivity contribution in [2.24, 2.45) is 0 Å². The van der Waals surface area contributed by atoms with Crippen molar-refractivity contribution >= 4 is 22.5 Å². The van der Waals surface area contributed by atoms with Gasteiger partial charge in [-0.3, -0.25) is 9.78 Å². The number of para-hydroxylation sites is 1. The van der Waals surface area contributed by atoms with Crippen LogP contribution in [0.1, 0.15) is 17.0 Å². The quantitative estimate of drug-likeness (QED) is 0.519. The molecule has 0 aliphatic carbocycles. The Bertz CT molecular complexity index is 1230. The standard InChI is InChI=1S/C22H17F3N4O/c1-14-9-17(28-29(14)19-7-4-6-16(11-19)22(23,24)25)12-21(30)27-18-10-15-5-2-3-8-20(15)26-13-18/h2-11,13H,12H2,1H3,(H,27,30). The number of rotatable bonds is 4. The smallest absolute Gasteiger partial charge is 0.324 e. The van der Waals surface area contributed by atoms with Crippen LogP contribution in [0, 0.1) is 6.92 Å². The van der Waals surface area contributed by atoms with Crippen LogP contribution in [0.15, 0.2) is 66.9 Å². The molecule has 2 aromatic heterocycles. The van der Waals surface area contributed by atoms with Crippen molar-refractivity contribution in [2.45, 2.75) is 19.5 Å². The topological polar surface area (TPSA) is 59.8 Å². The van der Waals surface area contributed by atoms with Crippen LogP contribution in [-0.2, 0) is 17.4 Å². The van der Waals surface area contributed by atoms with Gasteiger partial charge in [-0.1, -0.05) is 24.3 Å².